The minimum atomic E-state index is -0.818. The van der Waals surface area contributed by atoms with Crippen LogP contribution in [0, 0.1) is 23.5 Å². The van der Waals surface area contributed by atoms with Gasteiger partial charge >= 0.3 is 0 Å². The monoisotopic (exact) mass is 271 g/mol. The van der Waals surface area contributed by atoms with E-state index in [1.54, 1.807) is 6.07 Å². The highest BCUT2D eigenvalue weighted by atomic mass is 19.2. The highest BCUT2D eigenvalue weighted by molar-refractivity contribution is 5.17. The van der Waals surface area contributed by atoms with Gasteiger partial charge in [-0.25, -0.2) is 8.78 Å². The van der Waals surface area contributed by atoms with Gasteiger partial charge in [-0.2, -0.15) is 0 Å². The van der Waals surface area contributed by atoms with E-state index in [0.717, 1.165) is 31.0 Å². The summed E-state index contributed by atoms with van der Waals surface area (Å²) in [5, 5.41) is 12.3. The fourth-order valence-electron chi connectivity index (χ4n) is 2.22. The maximum Gasteiger partial charge on any atom is 0.159 e. The van der Waals surface area contributed by atoms with Gasteiger partial charge in [-0.1, -0.05) is 19.9 Å². The predicted molar refractivity (Wildman–Crippen MR) is 72.7 cm³/mol. The Morgan fingerprint density at radius 3 is 2.53 bits per heavy atom. The Balaban J connectivity index is 2.40. The highest BCUT2D eigenvalue weighted by Gasteiger charge is 2.10. The van der Waals surface area contributed by atoms with Gasteiger partial charge in [0, 0.05) is 13.2 Å². The molecule has 0 heterocycles. The van der Waals surface area contributed by atoms with E-state index in [4.69, 9.17) is 5.11 Å². The summed E-state index contributed by atoms with van der Waals surface area (Å²) in [4.78, 5) is 0. The molecule has 1 aromatic rings. The van der Waals surface area contributed by atoms with E-state index in [0.29, 0.717) is 18.4 Å². The summed E-state index contributed by atoms with van der Waals surface area (Å²) in [6.07, 6.45) is 1.81. The molecule has 19 heavy (non-hydrogen) atoms. The number of hydrogen-bond donors (Lipinski definition) is 2. The molecule has 1 atom stereocenters. The molecule has 0 saturated carbocycles. The molecule has 0 aliphatic heterocycles. The number of nitrogens with one attached hydrogen (secondary N) is 1. The van der Waals surface area contributed by atoms with Crippen LogP contribution in [-0.4, -0.2) is 18.3 Å². The minimum Gasteiger partial charge on any atom is -0.396 e. The van der Waals surface area contributed by atoms with Crippen molar-refractivity contribution in [1.29, 1.82) is 0 Å². The number of halogens is 2. The number of rotatable bonds is 8. The van der Waals surface area contributed by atoms with Crippen molar-refractivity contribution in [1.82, 2.24) is 5.32 Å². The Hall–Kier alpha value is -1.00. The fraction of sp³-hybridized carbons (Fsp3) is 0.600. The van der Waals surface area contributed by atoms with E-state index in [-0.39, 0.29) is 6.61 Å². The molecule has 1 rings (SSSR count). The van der Waals surface area contributed by atoms with Crippen LogP contribution in [0.4, 0.5) is 8.78 Å². The second-order valence-electron chi connectivity index (χ2n) is 5.39. The Labute approximate surface area is 113 Å². The molecule has 0 radical (unpaired) electrons. The normalized spacial score (nSPS) is 12.9. The lowest BCUT2D eigenvalue weighted by Crippen LogP contribution is -2.24. The van der Waals surface area contributed by atoms with Crippen LogP contribution in [0.5, 0.6) is 0 Å². The van der Waals surface area contributed by atoms with E-state index in [2.05, 4.69) is 19.2 Å². The largest absolute Gasteiger partial charge is 0.396 e. The second-order valence-corrected chi connectivity index (χ2v) is 5.39. The summed E-state index contributed by atoms with van der Waals surface area (Å²) in [7, 11) is 0. The van der Waals surface area contributed by atoms with E-state index in [1.807, 2.05) is 0 Å². The first-order valence-electron chi connectivity index (χ1n) is 6.78. The number of benzene rings is 1. The molecule has 0 aliphatic carbocycles. The van der Waals surface area contributed by atoms with Crippen molar-refractivity contribution >= 4 is 0 Å². The second kappa shape index (κ2) is 8.23. The lowest BCUT2D eigenvalue weighted by atomic mass is 9.94. The maximum absolute atomic E-state index is 13.0. The molecule has 1 aromatic carbocycles. The van der Waals surface area contributed by atoms with Crippen molar-refractivity contribution in [3.05, 3.63) is 35.4 Å². The summed E-state index contributed by atoms with van der Waals surface area (Å²) < 4.78 is 25.8. The molecule has 0 fully saturated rings. The van der Waals surface area contributed by atoms with E-state index in [9.17, 15) is 8.78 Å². The Morgan fingerprint density at radius 2 is 1.95 bits per heavy atom. The van der Waals surface area contributed by atoms with Crippen molar-refractivity contribution in [2.24, 2.45) is 11.8 Å². The van der Waals surface area contributed by atoms with E-state index in [1.165, 1.54) is 6.07 Å². The first kappa shape index (κ1) is 16.1. The Bertz CT molecular complexity index is 382. The SMILES string of the molecule is CC(C)CC(CCO)CNCc1ccc(F)c(F)c1. The molecular weight excluding hydrogens is 248 g/mol. The van der Waals surface area contributed by atoms with Crippen LogP contribution in [-0.2, 0) is 6.54 Å². The topological polar surface area (TPSA) is 32.3 Å². The van der Waals surface area contributed by atoms with Gasteiger partial charge < -0.3 is 10.4 Å². The molecule has 0 saturated heterocycles. The number of aliphatic hydroxyl groups is 1. The number of hydrogen-bond acceptors (Lipinski definition) is 2. The van der Waals surface area contributed by atoms with Crippen LogP contribution in [0.3, 0.4) is 0 Å². The summed E-state index contributed by atoms with van der Waals surface area (Å²) in [6.45, 7) is 5.78. The van der Waals surface area contributed by atoms with Gasteiger partial charge in [0.05, 0.1) is 0 Å². The Kier molecular flexibility index (Phi) is 6.95. The summed E-state index contributed by atoms with van der Waals surface area (Å²) in [6, 6.07) is 3.94. The maximum atomic E-state index is 13.0. The van der Waals surface area contributed by atoms with Gasteiger partial charge in [-0.15, -0.1) is 0 Å². The molecule has 1 unspecified atom stereocenters. The zero-order valence-corrected chi connectivity index (χ0v) is 11.6. The van der Waals surface area contributed by atoms with Crippen molar-refractivity contribution in [3.63, 3.8) is 0 Å². The highest BCUT2D eigenvalue weighted by Crippen LogP contribution is 2.15. The summed E-state index contributed by atoms with van der Waals surface area (Å²) in [5.74, 6) is -0.632. The van der Waals surface area contributed by atoms with Gasteiger partial charge in [0.25, 0.3) is 0 Å². The van der Waals surface area contributed by atoms with Crippen molar-refractivity contribution < 1.29 is 13.9 Å². The standard InChI is InChI=1S/C15H23F2NO/c1-11(2)7-13(5-6-19)10-18-9-12-3-4-14(16)15(17)8-12/h3-4,8,11,13,18-19H,5-7,9-10H2,1-2H3. The fourth-order valence-corrected chi connectivity index (χ4v) is 2.22. The number of aliphatic hydroxyl groups excluding tert-OH is 1. The molecule has 2 nitrogen and oxygen atoms in total. The average Bonchev–Trinajstić information content (AvgIpc) is 2.33. The third kappa shape index (κ3) is 6.12. The van der Waals surface area contributed by atoms with Crippen LogP contribution >= 0.6 is 0 Å². The van der Waals surface area contributed by atoms with Gasteiger partial charge in [0.15, 0.2) is 11.6 Å². The summed E-state index contributed by atoms with van der Waals surface area (Å²) >= 11 is 0. The van der Waals surface area contributed by atoms with Gasteiger partial charge in [0.1, 0.15) is 0 Å². The first-order chi connectivity index (χ1) is 9.02. The molecule has 0 spiro atoms. The van der Waals surface area contributed by atoms with E-state index >= 15 is 0 Å². The average molecular weight is 271 g/mol. The zero-order valence-electron chi connectivity index (χ0n) is 11.6. The third-order valence-corrected chi connectivity index (χ3v) is 3.09. The van der Waals surface area contributed by atoms with Crippen LogP contribution in [0.1, 0.15) is 32.3 Å². The third-order valence-electron chi connectivity index (χ3n) is 3.09. The zero-order chi connectivity index (χ0) is 14.3. The van der Waals surface area contributed by atoms with Gasteiger partial charge in [-0.05, 0) is 48.9 Å². The van der Waals surface area contributed by atoms with Gasteiger partial charge in [0.2, 0.25) is 0 Å². The van der Waals surface area contributed by atoms with E-state index < -0.39 is 11.6 Å². The molecular formula is C15H23F2NO. The van der Waals surface area contributed by atoms with Crippen LogP contribution in [0.2, 0.25) is 0 Å². The molecule has 4 heteroatoms. The van der Waals surface area contributed by atoms with Crippen LogP contribution < -0.4 is 5.32 Å². The Morgan fingerprint density at radius 1 is 1.21 bits per heavy atom. The minimum absolute atomic E-state index is 0.185. The lowest BCUT2D eigenvalue weighted by molar-refractivity contribution is 0.239. The van der Waals surface area contributed by atoms with Crippen LogP contribution in [0.15, 0.2) is 18.2 Å². The van der Waals surface area contributed by atoms with Gasteiger partial charge in [-0.3, -0.25) is 0 Å². The van der Waals surface area contributed by atoms with Crippen molar-refractivity contribution in [2.45, 2.75) is 33.2 Å². The quantitative estimate of drug-likeness (QED) is 0.761. The van der Waals surface area contributed by atoms with Crippen LogP contribution in [0.25, 0.3) is 0 Å². The summed E-state index contributed by atoms with van der Waals surface area (Å²) in [5.41, 5.74) is 0.728. The predicted octanol–water partition coefficient (Wildman–Crippen LogP) is 3.10. The molecule has 0 amide bonds. The van der Waals surface area contributed by atoms with Crippen molar-refractivity contribution in [3.8, 4) is 0 Å². The first-order valence-corrected chi connectivity index (χ1v) is 6.78. The lowest BCUT2D eigenvalue weighted by Gasteiger charge is -2.18. The molecule has 0 aromatic heterocycles. The van der Waals surface area contributed by atoms with Crippen molar-refractivity contribution in [2.75, 3.05) is 13.2 Å². The smallest absolute Gasteiger partial charge is 0.159 e. The molecule has 108 valence electrons. The molecule has 0 aliphatic rings. The molecule has 0 bridgehead atoms. The molecule has 2 N–H and O–H groups in total.